The van der Waals surface area contributed by atoms with Gasteiger partial charge in [-0.1, -0.05) is 225 Å². The Bertz CT molecular complexity index is 1550. The van der Waals surface area contributed by atoms with Crippen LogP contribution in [0.2, 0.25) is 0 Å². The van der Waals surface area contributed by atoms with E-state index >= 15 is 0 Å². The first-order valence-corrected chi connectivity index (χ1v) is 29.4. The van der Waals surface area contributed by atoms with Crippen molar-refractivity contribution in [2.75, 3.05) is 40.9 Å². The van der Waals surface area contributed by atoms with Crippen LogP contribution in [-0.4, -0.2) is 68.5 Å². The van der Waals surface area contributed by atoms with Gasteiger partial charge in [-0.3, -0.25) is 9.36 Å². The number of quaternary nitrogens is 1. The first kappa shape index (κ1) is 66.9. The van der Waals surface area contributed by atoms with Gasteiger partial charge in [0.1, 0.15) is 13.2 Å². The first-order chi connectivity index (χ1) is 34.0. The van der Waals surface area contributed by atoms with Crippen molar-refractivity contribution in [3.63, 3.8) is 0 Å². The molecule has 0 aromatic carbocycles. The standard InChI is InChI=1S/C61H105N2O6P/c1-6-8-10-12-14-16-18-20-21-22-23-24-25-26-27-28-29-30-31-32-33-34-35-36-37-38-39-40-41-43-45-47-49-51-53-55-61(65)62-59(58-69-70(66,67)68-57-56-63(3,4)5)60(64)54-52-50-48-46-44-42-19-17-15-13-11-9-7-2/h8,10,14,16,20-21,23-24,26-27,29-30,32-33,35-36,44,46,52,54,59-60,64H,6-7,9,11-13,15,17-19,22,25,28,31,34,37-43,45,47-51,53,55-58H2,1-5H3,(H-,62,65,66,67)/b10-8-,16-14-,21-20-,24-23-,27-26-,30-29-,33-32-,36-35-,46-44+,54-52+. The minimum Gasteiger partial charge on any atom is -0.756 e. The Kier molecular flexibility index (Phi) is 48.6. The molecule has 0 saturated carbocycles. The number of unbranched alkanes of at least 4 members (excludes halogenated alkanes) is 18. The number of phosphoric acid groups is 1. The van der Waals surface area contributed by atoms with Crippen molar-refractivity contribution >= 4 is 13.7 Å². The zero-order chi connectivity index (χ0) is 51.3. The average Bonchev–Trinajstić information content (AvgIpc) is 3.32. The van der Waals surface area contributed by atoms with E-state index in [1.54, 1.807) is 6.08 Å². The van der Waals surface area contributed by atoms with Crippen LogP contribution in [0.1, 0.15) is 206 Å². The van der Waals surface area contributed by atoms with Gasteiger partial charge in [0, 0.05) is 6.42 Å². The number of aliphatic hydroxyl groups excluding tert-OH is 1. The van der Waals surface area contributed by atoms with Crippen LogP contribution in [-0.2, 0) is 18.4 Å². The van der Waals surface area contributed by atoms with E-state index in [1.807, 2.05) is 27.2 Å². The summed E-state index contributed by atoms with van der Waals surface area (Å²) in [7, 11) is 1.22. The van der Waals surface area contributed by atoms with E-state index < -0.39 is 26.6 Å². The second-order valence-corrected chi connectivity index (χ2v) is 21.0. The van der Waals surface area contributed by atoms with Gasteiger partial charge < -0.3 is 28.8 Å². The molecule has 0 spiro atoms. The highest BCUT2D eigenvalue weighted by Crippen LogP contribution is 2.38. The molecule has 0 rings (SSSR count). The lowest BCUT2D eigenvalue weighted by Gasteiger charge is -2.29. The molecule has 1 amide bonds. The van der Waals surface area contributed by atoms with Gasteiger partial charge in [0.25, 0.3) is 7.82 Å². The molecule has 0 heterocycles. The molecule has 0 saturated heterocycles. The summed E-state index contributed by atoms with van der Waals surface area (Å²) in [5, 5.41) is 13.8. The van der Waals surface area contributed by atoms with Gasteiger partial charge in [0.2, 0.25) is 5.91 Å². The number of carbonyl (C=O) groups is 1. The Morgan fingerprint density at radius 1 is 0.514 bits per heavy atom. The SMILES string of the molecule is CC/C=C\C/C=C\C/C=C\C/C=C\C/C=C\C/C=C\C/C=C\C/C=C\CCCCCCCCCCCCC(=O)NC(COP(=O)([O-])OCC[N+](C)(C)C)C(O)/C=C/CC/C=C/CCCCCCCCC. The van der Waals surface area contributed by atoms with E-state index in [9.17, 15) is 19.4 Å². The van der Waals surface area contributed by atoms with Gasteiger partial charge in [-0.05, 0) is 96.3 Å². The Morgan fingerprint density at radius 2 is 0.886 bits per heavy atom. The van der Waals surface area contributed by atoms with Crippen molar-refractivity contribution in [2.24, 2.45) is 0 Å². The molecule has 0 bridgehead atoms. The minimum atomic E-state index is -4.61. The van der Waals surface area contributed by atoms with Crippen LogP contribution in [0.4, 0.5) is 0 Å². The largest absolute Gasteiger partial charge is 0.756 e. The van der Waals surface area contributed by atoms with Gasteiger partial charge in [-0.15, -0.1) is 0 Å². The molecule has 0 radical (unpaired) electrons. The highest BCUT2D eigenvalue weighted by atomic mass is 31.2. The van der Waals surface area contributed by atoms with Gasteiger partial charge in [0.05, 0.1) is 39.9 Å². The van der Waals surface area contributed by atoms with E-state index in [2.05, 4.69) is 129 Å². The second kappa shape index (κ2) is 50.8. The summed E-state index contributed by atoms with van der Waals surface area (Å²) in [6.45, 7) is 4.48. The zero-order valence-electron chi connectivity index (χ0n) is 45.4. The summed E-state index contributed by atoms with van der Waals surface area (Å²) in [6.07, 6.45) is 75.6. The van der Waals surface area contributed by atoms with Crippen molar-refractivity contribution in [1.29, 1.82) is 0 Å². The van der Waals surface area contributed by atoms with Crippen molar-refractivity contribution in [3.05, 3.63) is 122 Å². The minimum absolute atomic E-state index is 0.0131. The van der Waals surface area contributed by atoms with E-state index in [0.29, 0.717) is 17.4 Å². The van der Waals surface area contributed by atoms with Crippen LogP contribution in [0.3, 0.4) is 0 Å². The molecule has 9 heteroatoms. The molecule has 0 aliphatic heterocycles. The molecule has 0 aliphatic carbocycles. The number of aliphatic hydroxyl groups is 1. The molecule has 2 N–H and O–H groups in total. The highest BCUT2D eigenvalue weighted by molar-refractivity contribution is 7.45. The Labute approximate surface area is 431 Å². The fourth-order valence-electron chi connectivity index (χ4n) is 7.30. The fraction of sp³-hybridized carbons (Fsp3) is 0.656. The number of rotatable bonds is 49. The van der Waals surface area contributed by atoms with Gasteiger partial charge in [0.15, 0.2) is 0 Å². The van der Waals surface area contributed by atoms with Crippen molar-refractivity contribution in [2.45, 2.75) is 219 Å². The van der Waals surface area contributed by atoms with Crippen molar-refractivity contribution in [1.82, 2.24) is 5.32 Å². The monoisotopic (exact) mass is 993 g/mol. The lowest BCUT2D eigenvalue weighted by Crippen LogP contribution is -2.45. The molecule has 0 aliphatic rings. The lowest BCUT2D eigenvalue weighted by molar-refractivity contribution is -0.870. The van der Waals surface area contributed by atoms with Crippen molar-refractivity contribution < 1.29 is 32.9 Å². The van der Waals surface area contributed by atoms with Gasteiger partial charge >= 0.3 is 0 Å². The number of phosphoric ester groups is 1. The summed E-state index contributed by atoms with van der Waals surface area (Å²) in [5.41, 5.74) is 0. The molecule has 0 aromatic heterocycles. The van der Waals surface area contributed by atoms with E-state index in [4.69, 9.17) is 9.05 Å². The predicted octanol–water partition coefficient (Wildman–Crippen LogP) is 16.3. The van der Waals surface area contributed by atoms with E-state index in [0.717, 1.165) is 96.3 Å². The molecular weight excluding hydrogens is 888 g/mol. The van der Waals surface area contributed by atoms with Crippen LogP contribution in [0, 0.1) is 0 Å². The number of amides is 1. The maximum atomic E-state index is 12.9. The number of carbonyl (C=O) groups excluding carboxylic acids is 1. The van der Waals surface area contributed by atoms with Crippen LogP contribution in [0.25, 0.3) is 0 Å². The summed E-state index contributed by atoms with van der Waals surface area (Å²) in [6, 6.07) is -0.913. The molecule has 0 aromatic rings. The summed E-state index contributed by atoms with van der Waals surface area (Å²) >= 11 is 0. The average molecular weight is 993 g/mol. The Hall–Kier alpha value is -3.10. The normalized spacial score (nSPS) is 14.9. The fourth-order valence-corrected chi connectivity index (χ4v) is 8.02. The molecule has 3 atom stereocenters. The number of nitrogens with one attached hydrogen (secondary N) is 1. The molecular formula is C61H105N2O6P. The zero-order valence-corrected chi connectivity index (χ0v) is 46.3. The molecule has 70 heavy (non-hydrogen) atoms. The third-order valence-electron chi connectivity index (χ3n) is 11.7. The van der Waals surface area contributed by atoms with Gasteiger partial charge in [-0.2, -0.15) is 0 Å². The third kappa shape index (κ3) is 52.7. The van der Waals surface area contributed by atoms with Crippen LogP contribution in [0.5, 0.6) is 0 Å². The second-order valence-electron chi connectivity index (χ2n) is 19.5. The molecule has 0 fully saturated rings. The maximum absolute atomic E-state index is 12.9. The Morgan fingerprint density at radius 3 is 1.33 bits per heavy atom. The van der Waals surface area contributed by atoms with E-state index in [-0.39, 0.29) is 12.5 Å². The highest BCUT2D eigenvalue weighted by Gasteiger charge is 2.23. The third-order valence-corrected chi connectivity index (χ3v) is 12.6. The molecule has 3 unspecified atom stereocenters. The molecule has 8 nitrogen and oxygen atoms in total. The first-order valence-electron chi connectivity index (χ1n) is 27.9. The topological polar surface area (TPSA) is 108 Å². The molecule has 400 valence electrons. The number of hydrogen-bond acceptors (Lipinski definition) is 6. The number of nitrogens with zero attached hydrogens (tertiary/aromatic N) is 1. The lowest BCUT2D eigenvalue weighted by atomic mass is 10.0. The Balaban J connectivity index is 4.17. The maximum Gasteiger partial charge on any atom is 0.268 e. The summed E-state index contributed by atoms with van der Waals surface area (Å²) < 4.78 is 23.2. The van der Waals surface area contributed by atoms with Gasteiger partial charge in [-0.25, -0.2) is 0 Å². The van der Waals surface area contributed by atoms with Crippen molar-refractivity contribution in [3.8, 4) is 0 Å². The summed E-state index contributed by atoms with van der Waals surface area (Å²) in [4.78, 5) is 25.4. The number of allylic oxidation sites excluding steroid dienone is 19. The quantitative estimate of drug-likeness (QED) is 0.0272. The van der Waals surface area contributed by atoms with Crippen LogP contribution < -0.4 is 10.2 Å². The smallest absolute Gasteiger partial charge is 0.268 e. The number of likely N-dealkylation sites (N-methyl/N-ethyl adjacent to an activating group) is 1. The predicted molar refractivity (Wildman–Crippen MR) is 302 cm³/mol. The van der Waals surface area contributed by atoms with E-state index in [1.165, 1.54) is 89.9 Å². The van der Waals surface area contributed by atoms with Crippen LogP contribution >= 0.6 is 7.82 Å². The summed E-state index contributed by atoms with van der Waals surface area (Å²) in [5.74, 6) is -0.218. The number of hydrogen-bond donors (Lipinski definition) is 2. The van der Waals surface area contributed by atoms with Crippen LogP contribution in [0.15, 0.2) is 122 Å².